The lowest BCUT2D eigenvalue weighted by Crippen LogP contribution is -2.18. The zero-order valence-corrected chi connectivity index (χ0v) is 9.88. The van der Waals surface area contributed by atoms with Gasteiger partial charge in [0.15, 0.2) is 0 Å². The molecule has 0 saturated carbocycles. The third kappa shape index (κ3) is 2.33. The van der Waals surface area contributed by atoms with Crippen molar-refractivity contribution in [1.29, 1.82) is 0 Å². The summed E-state index contributed by atoms with van der Waals surface area (Å²) in [5.41, 5.74) is 6.67. The molecule has 1 aromatic rings. The number of aromatic nitrogens is 1. The normalized spacial score (nSPS) is 19.9. The monoisotopic (exact) mass is 242 g/mol. The van der Waals surface area contributed by atoms with Gasteiger partial charge >= 0.3 is 5.97 Å². The molecule has 1 unspecified atom stereocenters. The molecule has 0 spiro atoms. The van der Waals surface area contributed by atoms with Crippen LogP contribution in [-0.2, 0) is 9.47 Å². The number of rotatable bonds is 3. The van der Waals surface area contributed by atoms with E-state index >= 15 is 0 Å². The molecule has 0 amide bonds. The van der Waals surface area contributed by atoms with Crippen molar-refractivity contribution in [3.63, 3.8) is 0 Å². The molecular weight excluding hydrogens is 228 g/mol. The van der Waals surface area contributed by atoms with Gasteiger partial charge in [-0.25, -0.2) is 4.79 Å². The number of nitrogen functional groups attached to an aromatic ring is 1. The third-order valence-electron chi connectivity index (χ3n) is 2.52. The Morgan fingerprint density at radius 3 is 3.12 bits per heavy atom. The molecular formula is C10H14N2O3S. The molecule has 1 aliphatic rings. The summed E-state index contributed by atoms with van der Waals surface area (Å²) < 4.78 is 14.5. The van der Waals surface area contributed by atoms with Crippen molar-refractivity contribution in [2.75, 3.05) is 18.9 Å². The molecule has 1 aliphatic heterocycles. The fourth-order valence-electron chi connectivity index (χ4n) is 1.65. The van der Waals surface area contributed by atoms with Crippen molar-refractivity contribution in [3.05, 3.63) is 11.3 Å². The zero-order chi connectivity index (χ0) is 11.5. The van der Waals surface area contributed by atoms with E-state index in [9.17, 15) is 4.79 Å². The Kier molecular flexibility index (Phi) is 3.40. The minimum Gasteiger partial charge on any atom is -0.459 e. The van der Waals surface area contributed by atoms with E-state index in [1.807, 2.05) is 0 Å². The number of nitrogens with zero attached hydrogens (tertiary/aromatic N) is 1. The standard InChI is InChI=1S/C10H14N2O3S/c1-6-8(9(11)16-12-6)10(13)15-5-7-3-2-4-14-7/h7H,2-5,11H2,1H3. The number of carbonyl (C=O) groups excluding carboxylic acids is 1. The van der Waals surface area contributed by atoms with Gasteiger partial charge in [-0.05, 0) is 31.3 Å². The fourth-order valence-corrected chi connectivity index (χ4v) is 2.30. The van der Waals surface area contributed by atoms with Gasteiger partial charge in [0.05, 0.1) is 11.8 Å². The van der Waals surface area contributed by atoms with Crippen LogP contribution in [0.5, 0.6) is 0 Å². The molecule has 0 aliphatic carbocycles. The first-order chi connectivity index (χ1) is 7.68. The van der Waals surface area contributed by atoms with Crippen LogP contribution in [0.3, 0.4) is 0 Å². The summed E-state index contributed by atoms with van der Waals surface area (Å²) in [6.07, 6.45) is 2.02. The van der Waals surface area contributed by atoms with Crippen molar-refractivity contribution in [2.45, 2.75) is 25.9 Å². The maximum atomic E-state index is 11.7. The van der Waals surface area contributed by atoms with E-state index in [2.05, 4.69) is 4.37 Å². The summed E-state index contributed by atoms with van der Waals surface area (Å²) in [6.45, 7) is 2.80. The van der Waals surface area contributed by atoms with Gasteiger partial charge in [0.2, 0.25) is 0 Å². The van der Waals surface area contributed by atoms with Crippen molar-refractivity contribution in [2.24, 2.45) is 0 Å². The van der Waals surface area contributed by atoms with Crippen LogP contribution in [0.4, 0.5) is 5.00 Å². The second kappa shape index (κ2) is 4.80. The van der Waals surface area contributed by atoms with Crippen molar-refractivity contribution in [1.82, 2.24) is 4.37 Å². The van der Waals surface area contributed by atoms with Gasteiger partial charge in [0, 0.05) is 6.61 Å². The molecule has 2 N–H and O–H groups in total. The first-order valence-electron chi connectivity index (χ1n) is 5.19. The third-order valence-corrected chi connectivity index (χ3v) is 3.28. The van der Waals surface area contributed by atoms with E-state index in [1.54, 1.807) is 6.92 Å². The molecule has 88 valence electrons. The van der Waals surface area contributed by atoms with Crippen LogP contribution in [0, 0.1) is 6.92 Å². The molecule has 5 nitrogen and oxygen atoms in total. The lowest BCUT2D eigenvalue weighted by atomic mass is 10.2. The van der Waals surface area contributed by atoms with E-state index < -0.39 is 5.97 Å². The highest BCUT2D eigenvalue weighted by Gasteiger charge is 2.21. The first-order valence-corrected chi connectivity index (χ1v) is 5.96. The molecule has 16 heavy (non-hydrogen) atoms. The summed E-state index contributed by atoms with van der Waals surface area (Å²) in [5, 5.41) is 0.412. The van der Waals surface area contributed by atoms with Crippen molar-refractivity contribution in [3.8, 4) is 0 Å². The highest BCUT2D eigenvalue weighted by atomic mass is 32.1. The molecule has 2 rings (SSSR count). The molecule has 1 saturated heterocycles. The average molecular weight is 242 g/mol. The smallest absolute Gasteiger partial charge is 0.343 e. The average Bonchev–Trinajstić information content (AvgIpc) is 2.86. The largest absolute Gasteiger partial charge is 0.459 e. The van der Waals surface area contributed by atoms with Gasteiger partial charge < -0.3 is 15.2 Å². The van der Waals surface area contributed by atoms with E-state index in [4.69, 9.17) is 15.2 Å². The first kappa shape index (κ1) is 11.3. The Labute approximate surface area is 97.7 Å². The number of nitrogens with two attached hydrogens (primary N) is 1. The van der Waals surface area contributed by atoms with E-state index in [0.717, 1.165) is 31.0 Å². The van der Waals surface area contributed by atoms with Gasteiger partial charge in [-0.1, -0.05) is 0 Å². The molecule has 0 bridgehead atoms. The highest BCUT2D eigenvalue weighted by Crippen LogP contribution is 2.22. The predicted molar refractivity (Wildman–Crippen MR) is 60.5 cm³/mol. The Morgan fingerprint density at radius 1 is 1.75 bits per heavy atom. The molecule has 1 fully saturated rings. The van der Waals surface area contributed by atoms with Crippen LogP contribution >= 0.6 is 11.5 Å². The van der Waals surface area contributed by atoms with E-state index in [1.165, 1.54) is 0 Å². The van der Waals surface area contributed by atoms with Crippen LogP contribution in [-0.4, -0.2) is 29.7 Å². The molecule has 0 radical (unpaired) electrons. The summed E-state index contributed by atoms with van der Waals surface area (Å²) in [5.74, 6) is -0.403. The maximum absolute atomic E-state index is 11.7. The van der Waals surface area contributed by atoms with Crippen molar-refractivity contribution < 1.29 is 14.3 Å². The second-order valence-electron chi connectivity index (χ2n) is 3.74. The molecule has 0 aromatic carbocycles. The fraction of sp³-hybridized carbons (Fsp3) is 0.600. The van der Waals surface area contributed by atoms with Crippen LogP contribution < -0.4 is 5.73 Å². The minimum atomic E-state index is -0.403. The summed E-state index contributed by atoms with van der Waals surface area (Å²) >= 11 is 1.11. The number of aryl methyl sites for hydroxylation is 1. The highest BCUT2D eigenvalue weighted by molar-refractivity contribution is 7.10. The van der Waals surface area contributed by atoms with E-state index in [0.29, 0.717) is 22.9 Å². The summed E-state index contributed by atoms with van der Waals surface area (Å²) in [4.78, 5) is 11.7. The van der Waals surface area contributed by atoms with Gasteiger partial charge in [-0.2, -0.15) is 4.37 Å². The Bertz CT molecular complexity index is 366. The Morgan fingerprint density at radius 2 is 2.56 bits per heavy atom. The van der Waals surface area contributed by atoms with Crippen LogP contribution in [0.15, 0.2) is 0 Å². The SMILES string of the molecule is Cc1nsc(N)c1C(=O)OCC1CCCO1. The zero-order valence-electron chi connectivity index (χ0n) is 9.06. The number of hydrogen-bond donors (Lipinski definition) is 1. The molecule has 1 aromatic heterocycles. The lowest BCUT2D eigenvalue weighted by Gasteiger charge is -2.09. The Hall–Kier alpha value is -1.14. The number of ether oxygens (including phenoxy) is 2. The number of hydrogen-bond acceptors (Lipinski definition) is 6. The number of anilines is 1. The number of esters is 1. The van der Waals surface area contributed by atoms with Gasteiger partial charge in [-0.3, -0.25) is 0 Å². The second-order valence-corrected chi connectivity index (χ2v) is 4.55. The molecule has 6 heteroatoms. The van der Waals surface area contributed by atoms with Crippen LogP contribution in [0.2, 0.25) is 0 Å². The topological polar surface area (TPSA) is 74.4 Å². The van der Waals surface area contributed by atoms with Crippen molar-refractivity contribution >= 4 is 22.5 Å². The van der Waals surface area contributed by atoms with Gasteiger partial charge in [-0.15, -0.1) is 0 Å². The van der Waals surface area contributed by atoms with E-state index in [-0.39, 0.29) is 6.10 Å². The Balaban J connectivity index is 1.92. The minimum absolute atomic E-state index is 0.0390. The lowest BCUT2D eigenvalue weighted by molar-refractivity contribution is 0.0162. The van der Waals surface area contributed by atoms with Crippen LogP contribution in [0.25, 0.3) is 0 Å². The predicted octanol–water partition coefficient (Wildman–Crippen LogP) is 1.37. The molecule has 2 heterocycles. The van der Waals surface area contributed by atoms with Gasteiger partial charge in [0.25, 0.3) is 0 Å². The maximum Gasteiger partial charge on any atom is 0.343 e. The summed E-state index contributed by atoms with van der Waals surface area (Å²) in [7, 11) is 0. The quantitative estimate of drug-likeness (QED) is 0.810. The summed E-state index contributed by atoms with van der Waals surface area (Å²) in [6, 6.07) is 0. The van der Waals surface area contributed by atoms with Crippen LogP contribution in [0.1, 0.15) is 28.9 Å². The molecule has 1 atom stereocenters. The van der Waals surface area contributed by atoms with Gasteiger partial charge in [0.1, 0.15) is 17.2 Å². The number of carbonyl (C=O) groups is 1.